The van der Waals surface area contributed by atoms with Crippen molar-refractivity contribution in [1.29, 1.82) is 0 Å². The third kappa shape index (κ3) is 4.59. The number of aliphatic hydroxyl groups is 1. The van der Waals surface area contributed by atoms with E-state index in [-0.39, 0.29) is 18.3 Å². The van der Waals surface area contributed by atoms with Crippen LogP contribution in [0.3, 0.4) is 0 Å². The Bertz CT molecular complexity index is 921. The smallest absolute Gasteiger partial charge is 0.227 e. The van der Waals surface area contributed by atoms with E-state index in [9.17, 15) is 13.9 Å². The molecule has 0 bridgehead atoms. The predicted octanol–water partition coefficient (Wildman–Crippen LogP) is 5.21. The van der Waals surface area contributed by atoms with Gasteiger partial charge in [0.25, 0.3) is 0 Å². The van der Waals surface area contributed by atoms with E-state index in [2.05, 4.69) is 20.9 Å². The molecule has 1 unspecified atom stereocenters. The lowest BCUT2D eigenvalue weighted by molar-refractivity contribution is 0.0786. The van der Waals surface area contributed by atoms with Gasteiger partial charge < -0.3 is 14.7 Å². The molecule has 3 rings (SSSR count). The molecular weight excluding hydrogens is 430 g/mol. The Labute approximate surface area is 171 Å². The third-order valence-corrected chi connectivity index (χ3v) is 4.96. The quantitative estimate of drug-likeness (QED) is 0.695. The molecule has 0 radical (unpaired) electrons. The summed E-state index contributed by atoms with van der Waals surface area (Å²) >= 11 is 3.44. The van der Waals surface area contributed by atoms with E-state index >= 15 is 0 Å². The maximum atomic E-state index is 13.8. The van der Waals surface area contributed by atoms with E-state index in [0.29, 0.717) is 10.4 Å². The summed E-state index contributed by atoms with van der Waals surface area (Å²) in [6.07, 6.45) is 1.59. The van der Waals surface area contributed by atoms with Crippen LogP contribution in [-0.4, -0.2) is 17.2 Å². The predicted molar refractivity (Wildman–Crippen MR) is 109 cm³/mol. The van der Waals surface area contributed by atoms with Gasteiger partial charge in [0.05, 0.1) is 10.1 Å². The summed E-state index contributed by atoms with van der Waals surface area (Å²) in [7, 11) is 0. The van der Waals surface area contributed by atoms with Gasteiger partial charge in [-0.2, -0.15) is 0 Å². The minimum absolute atomic E-state index is 0.0547. The molecule has 0 aromatic heterocycles. The van der Waals surface area contributed by atoms with Crippen molar-refractivity contribution < 1.29 is 18.6 Å². The standard InChI is InChI=1S/C21H21BrF2N2O2/c1-13-25-20(28-12-14-4-7-16(23)10-19(14)24)18(22)11-26(13)17-8-5-15(6-9-17)21(2,3)27/h4-11,13,27H,12H2,1-3H3. The first-order chi connectivity index (χ1) is 13.1. The van der Waals surface area contributed by atoms with Crippen LogP contribution in [0.4, 0.5) is 14.5 Å². The fourth-order valence-corrected chi connectivity index (χ4v) is 3.24. The molecule has 2 aromatic carbocycles. The molecule has 1 atom stereocenters. The molecule has 4 nitrogen and oxygen atoms in total. The molecule has 1 aliphatic heterocycles. The number of hydrogen-bond donors (Lipinski definition) is 1. The number of benzene rings is 2. The highest BCUT2D eigenvalue weighted by atomic mass is 79.9. The molecule has 1 heterocycles. The van der Waals surface area contributed by atoms with Crippen molar-refractivity contribution >= 4 is 27.5 Å². The fourth-order valence-electron chi connectivity index (χ4n) is 2.80. The molecular formula is C21H21BrF2N2O2. The van der Waals surface area contributed by atoms with Crippen molar-refractivity contribution in [2.75, 3.05) is 4.90 Å². The lowest BCUT2D eigenvalue weighted by atomic mass is 9.98. The second-order valence-electron chi connectivity index (χ2n) is 7.08. The summed E-state index contributed by atoms with van der Waals surface area (Å²) in [4.78, 5) is 6.46. The number of ether oxygens (including phenoxy) is 1. The Hall–Kier alpha value is -2.25. The lowest BCUT2D eigenvalue weighted by Crippen LogP contribution is -2.32. The Morgan fingerprint density at radius 2 is 1.86 bits per heavy atom. The highest BCUT2D eigenvalue weighted by Gasteiger charge is 2.23. The first kappa shape index (κ1) is 20.5. The Morgan fingerprint density at radius 3 is 2.46 bits per heavy atom. The maximum Gasteiger partial charge on any atom is 0.227 e. The van der Waals surface area contributed by atoms with Gasteiger partial charge in [0.15, 0.2) is 0 Å². The molecule has 0 fully saturated rings. The lowest BCUT2D eigenvalue weighted by Gasteiger charge is -2.30. The molecule has 2 aromatic rings. The van der Waals surface area contributed by atoms with Gasteiger partial charge in [-0.05, 0) is 66.5 Å². The number of nitrogens with zero attached hydrogens (tertiary/aromatic N) is 2. The van der Waals surface area contributed by atoms with E-state index in [1.807, 2.05) is 42.3 Å². The van der Waals surface area contributed by atoms with E-state index in [0.717, 1.165) is 17.3 Å². The largest absolute Gasteiger partial charge is 0.472 e. The van der Waals surface area contributed by atoms with Crippen molar-refractivity contribution in [2.24, 2.45) is 4.99 Å². The minimum atomic E-state index is -0.905. The van der Waals surface area contributed by atoms with E-state index < -0.39 is 17.2 Å². The van der Waals surface area contributed by atoms with Crippen molar-refractivity contribution in [3.05, 3.63) is 75.9 Å². The van der Waals surface area contributed by atoms with Gasteiger partial charge in [0.2, 0.25) is 5.90 Å². The van der Waals surface area contributed by atoms with Gasteiger partial charge >= 0.3 is 0 Å². The number of hydrogen-bond acceptors (Lipinski definition) is 4. The summed E-state index contributed by atoms with van der Waals surface area (Å²) in [5, 5.41) is 10.1. The molecule has 28 heavy (non-hydrogen) atoms. The van der Waals surface area contributed by atoms with Gasteiger partial charge in [-0.1, -0.05) is 12.1 Å². The molecule has 0 aliphatic carbocycles. The van der Waals surface area contributed by atoms with Crippen molar-refractivity contribution in [2.45, 2.75) is 39.1 Å². The van der Waals surface area contributed by atoms with Crippen LogP contribution in [-0.2, 0) is 16.9 Å². The third-order valence-electron chi connectivity index (χ3n) is 4.41. The van der Waals surface area contributed by atoms with Gasteiger partial charge in [-0.3, -0.25) is 0 Å². The van der Waals surface area contributed by atoms with Crippen molar-refractivity contribution in [1.82, 2.24) is 0 Å². The van der Waals surface area contributed by atoms with Crippen molar-refractivity contribution in [3.8, 4) is 0 Å². The van der Waals surface area contributed by atoms with Gasteiger partial charge in [-0.15, -0.1) is 0 Å². The second kappa shape index (κ2) is 8.01. The average molecular weight is 451 g/mol. The zero-order valence-electron chi connectivity index (χ0n) is 15.8. The van der Waals surface area contributed by atoms with Crippen LogP contribution < -0.4 is 4.90 Å². The fraction of sp³-hybridized carbons (Fsp3) is 0.286. The monoisotopic (exact) mass is 450 g/mol. The SMILES string of the molecule is CC1N=C(OCc2ccc(F)cc2F)C(Br)=CN1c1ccc(C(C)(C)O)cc1. The molecule has 1 N–H and O–H groups in total. The van der Waals surface area contributed by atoms with E-state index in [1.165, 1.54) is 12.1 Å². The summed E-state index contributed by atoms with van der Waals surface area (Å²) in [5.74, 6) is -0.934. The summed E-state index contributed by atoms with van der Waals surface area (Å²) in [5.41, 5.74) is 1.07. The van der Waals surface area contributed by atoms with Crippen LogP contribution >= 0.6 is 15.9 Å². The van der Waals surface area contributed by atoms with Crippen LogP contribution in [0.15, 0.2) is 58.1 Å². The molecule has 0 saturated carbocycles. The first-order valence-corrected chi connectivity index (χ1v) is 9.58. The number of rotatable bonds is 4. The number of halogens is 3. The first-order valence-electron chi connectivity index (χ1n) is 8.78. The topological polar surface area (TPSA) is 45.1 Å². The summed E-state index contributed by atoms with van der Waals surface area (Å²) in [6, 6.07) is 10.9. The van der Waals surface area contributed by atoms with Gasteiger partial charge in [0.1, 0.15) is 24.4 Å². The molecule has 0 spiro atoms. The Balaban J connectivity index is 1.72. The van der Waals surface area contributed by atoms with Crippen LogP contribution in [0.25, 0.3) is 0 Å². The van der Waals surface area contributed by atoms with Crippen LogP contribution in [0.2, 0.25) is 0 Å². The summed E-state index contributed by atoms with van der Waals surface area (Å²) < 4.78 is 33.0. The molecule has 0 saturated heterocycles. The maximum absolute atomic E-state index is 13.8. The number of aliphatic imine (C=N–C) groups is 1. The Morgan fingerprint density at radius 1 is 1.18 bits per heavy atom. The van der Waals surface area contributed by atoms with E-state index in [4.69, 9.17) is 4.74 Å². The normalized spacial score (nSPS) is 17.2. The van der Waals surface area contributed by atoms with Crippen LogP contribution in [0.5, 0.6) is 0 Å². The van der Waals surface area contributed by atoms with Crippen LogP contribution in [0.1, 0.15) is 31.9 Å². The highest BCUT2D eigenvalue weighted by Crippen LogP contribution is 2.29. The zero-order chi connectivity index (χ0) is 20.5. The second-order valence-corrected chi connectivity index (χ2v) is 7.94. The highest BCUT2D eigenvalue weighted by molar-refractivity contribution is 9.12. The molecule has 148 valence electrons. The number of anilines is 1. The minimum Gasteiger partial charge on any atom is -0.472 e. The van der Waals surface area contributed by atoms with E-state index in [1.54, 1.807) is 13.8 Å². The Kier molecular flexibility index (Phi) is 5.86. The molecule has 0 amide bonds. The molecule has 7 heteroatoms. The average Bonchev–Trinajstić information content (AvgIpc) is 2.62. The summed E-state index contributed by atoms with van der Waals surface area (Å²) in [6.45, 7) is 5.32. The van der Waals surface area contributed by atoms with Crippen molar-refractivity contribution in [3.63, 3.8) is 0 Å². The van der Waals surface area contributed by atoms with Gasteiger partial charge in [-0.25, -0.2) is 13.8 Å². The van der Waals surface area contributed by atoms with Crippen LogP contribution in [0, 0.1) is 11.6 Å². The van der Waals surface area contributed by atoms with Gasteiger partial charge in [0, 0.05) is 23.5 Å². The zero-order valence-corrected chi connectivity index (χ0v) is 17.4. The molecule has 1 aliphatic rings.